The lowest BCUT2D eigenvalue weighted by Crippen LogP contribution is -2.36. The Morgan fingerprint density at radius 1 is 1.06 bits per heavy atom. The summed E-state index contributed by atoms with van der Waals surface area (Å²) >= 11 is 0. The third kappa shape index (κ3) is 5.12. The van der Waals surface area contributed by atoms with E-state index in [0.717, 1.165) is 12.3 Å². The molecule has 0 aromatic carbocycles. The van der Waals surface area contributed by atoms with Gasteiger partial charge in [-0.3, -0.25) is 9.97 Å². The number of halogens is 3. The Balaban J connectivity index is 1.56. The summed E-state index contributed by atoms with van der Waals surface area (Å²) in [6.07, 6.45) is 1.18. The van der Waals surface area contributed by atoms with Crippen molar-refractivity contribution in [3.05, 3.63) is 42.5 Å². The number of anilines is 1. The monoisotopic (exact) mass is 460 g/mol. The van der Waals surface area contributed by atoms with Gasteiger partial charge in [-0.1, -0.05) is 0 Å². The number of ether oxygens (including phenoxy) is 1. The summed E-state index contributed by atoms with van der Waals surface area (Å²) in [5, 5.41) is 3.31. The summed E-state index contributed by atoms with van der Waals surface area (Å²) < 4.78 is 44.0. The molecule has 1 saturated heterocycles. The van der Waals surface area contributed by atoms with Crippen LogP contribution in [0.4, 0.5) is 23.8 Å². The van der Waals surface area contributed by atoms with Crippen LogP contribution in [0.15, 0.2) is 36.9 Å². The minimum Gasteiger partial charge on any atom is -0.444 e. The van der Waals surface area contributed by atoms with Gasteiger partial charge in [0.25, 0.3) is 0 Å². The van der Waals surface area contributed by atoms with Gasteiger partial charge in [-0.2, -0.15) is 13.2 Å². The Morgan fingerprint density at radius 3 is 2.42 bits per heavy atom. The van der Waals surface area contributed by atoms with Crippen LogP contribution >= 0.6 is 0 Å². The molecule has 33 heavy (non-hydrogen) atoms. The number of likely N-dealkylation sites (tertiary alicyclic amines) is 1. The normalized spacial score (nSPS) is 16.8. The molecule has 0 radical (unpaired) electrons. The number of aromatic nitrogens is 4. The predicted octanol–water partition coefficient (Wildman–Crippen LogP) is 4.53. The van der Waals surface area contributed by atoms with Crippen molar-refractivity contribution in [2.45, 2.75) is 45.0 Å². The second kappa shape index (κ2) is 8.45. The van der Waals surface area contributed by atoms with Gasteiger partial charge in [0.15, 0.2) is 5.82 Å². The average Bonchev–Trinajstić information content (AvgIpc) is 3.21. The maximum Gasteiger partial charge on any atom is 0.417 e. The highest BCUT2D eigenvalue weighted by Gasteiger charge is 2.32. The molecule has 11 heteroatoms. The number of hydrogen-bond donors (Lipinski definition) is 1. The first-order valence-electron chi connectivity index (χ1n) is 10.4. The fraction of sp³-hybridized carbons (Fsp3) is 0.409. The van der Waals surface area contributed by atoms with Crippen molar-refractivity contribution in [2.75, 3.05) is 18.4 Å². The van der Waals surface area contributed by atoms with E-state index in [1.807, 2.05) is 20.8 Å². The van der Waals surface area contributed by atoms with Gasteiger partial charge in [-0.25, -0.2) is 14.8 Å². The third-order valence-electron chi connectivity index (χ3n) is 5.05. The minimum absolute atomic E-state index is 0.0646. The maximum absolute atomic E-state index is 12.9. The van der Waals surface area contributed by atoms with Gasteiger partial charge in [0.1, 0.15) is 16.6 Å². The number of fused-ring (bicyclic) bond motifs is 1. The van der Waals surface area contributed by atoms with Crippen molar-refractivity contribution in [1.29, 1.82) is 0 Å². The van der Waals surface area contributed by atoms with E-state index in [0.29, 0.717) is 47.6 Å². The molecule has 0 aliphatic carbocycles. The number of amides is 1. The Bertz CT molecular complexity index is 1160. The number of pyridine rings is 2. The predicted molar refractivity (Wildman–Crippen MR) is 115 cm³/mol. The van der Waals surface area contributed by atoms with E-state index in [9.17, 15) is 18.0 Å². The molecule has 4 heterocycles. The molecular weight excluding hydrogens is 437 g/mol. The molecule has 1 aliphatic heterocycles. The molecule has 1 amide bonds. The first-order chi connectivity index (χ1) is 15.5. The zero-order valence-electron chi connectivity index (χ0n) is 18.3. The van der Waals surface area contributed by atoms with E-state index in [2.05, 4.69) is 25.3 Å². The molecule has 0 unspecified atom stereocenters. The number of hydrogen-bond acceptors (Lipinski definition) is 7. The van der Waals surface area contributed by atoms with Crippen LogP contribution < -0.4 is 5.32 Å². The van der Waals surface area contributed by atoms with Crippen LogP contribution in [-0.4, -0.2) is 55.7 Å². The van der Waals surface area contributed by atoms with Gasteiger partial charge in [0.2, 0.25) is 0 Å². The molecule has 8 nitrogen and oxygen atoms in total. The van der Waals surface area contributed by atoms with Gasteiger partial charge in [0.05, 0.1) is 11.3 Å². The average molecular weight is 460 g/mol. The van der Waals surface area contributed by atoms with Crippen molar-refractivity contribution >= 4 is 22.9 Å². The number of alkyl halides is 3. The molecule has 1 aliphatic rings. The summed E-state index contributed by atoms with van der Waals surface area (Å²) in [6, 6.07) is 2.20. The smallest absolute Gasteiger partial charge is 0.417 e. The van der Waals surface area contributed by atoms with Crippen molar-refractivity contribution < 1.29 is 22.7 Å². The van der Waals surface area contributed by atoms with E-state index in [-0.39, 0.29) is 12.1 Å². The second-order valence-corrected chi connectivity index (χ2v) is 8.76. The largest absolute Gasteiger partial charge is 0.444 e. The Hall–Kier alpha value is -3.50. The molecule has 3 aromatic rings. The maximum atomic E-state index is 12.9. The van der Waals surface area contributed by atoms with E-state index in [1.165, 1.54) is 24.7 Å². The number of carbonyl (C=O) groups excluding carboxylic acids is 1. The van der Waals surface area contributed by atoms with Crippen LogP contribution in [0.1, 0.15) is 32.8 Å². The molecular formula is C22H23F3N6O2. The standard InChI is InChI=1S/C22H23F3N6O2/c1-21(2,3)33-20(32)31-9-6-14(12-31)30-19-18-17(26-7-8-27-18)15(11-29-19)16-5-4-13(10-28-16)22(23,24)25/h4-5,7-8,10-11,14H,6,9,12H2,1-3H3,(H,29,30)/t14-/m0/s1. The summed E-state index contributed by atoms with van der Waals surface area (Å²) in [5.74, 6) is 0.477. The van der Waals surface area contributed by atoms with E-state index >= 15 is 0 Å². The molecule has 1 fully saturated rings. The second-order valence-electron chi connectivity index (χ2n) is 8.76. The van der Waals surface area contributed by atoms with Crippen LogP contribution in [0.2, 0.25) is 0 Å². The summed E-state index contributed by atoms with van der Waals surface area (Å²) in [5.41, 5.74) is 0.307. The number of nitrogens with one attached hydrogen (secondary N) is 1. The van der Waals surface area contributed by atoms with Gasteiger partial charge in [-0.15, -0.1) is 0 Å². The summed E-state index contributed by atoms with van der Waals surface area (Å²) in [7, 11) is 0. The Kier molecular flexibility index (Phi) is 5.81. The van der Waals surface area contributed by atoms with E-state index < -0.39 is 17.3 Å². The van der Waals surface area contributed by atoms with Crippen LogP contribution in [0.3, 0.4) is 0 Å². The van der Waals surface area contributed by atoms with Gasteiger partial charge in [0, 0.05) is 49.5 Å². The number of nitrogens with zero attached hydrogens (tertiary/aromatic N) is 5. The van der Waals surface area contributed by atoms with Crippen LogP contribution in [-0.2, 0) is 10.9 Å². The van der Waals surface area contributed by atoms with Gasteiger partial charge < -0.3 is 15.0 Å². The molecule has 4 rings (SSSR count). The quantitative estimate of drug-likeness (QED) is 0.614. The first-order valence-corrected chi connectivity index (χ1v) is 10.4. The molecule has 1 N–H and O–H groups in total. The zero-order chi connectivity index (χ0) is 23.8. The molecule has 0 saturated carbocycles. The topological polar surface area (TPSA) is 93.1 Å². The molecule has 0 bridgehead atoms. The van der Waals surface area contributed by atoms with Crippen LogP contribution in [0.5, 0.6) is 0 Å². The zero-order valence-corrected chi connectivity index (χ0v) is 18.3. The molecule has 3 aromatic heterocycles. The van der Waals surface area contributed by atoms with E-state index in [1.54, 1.807) is 4.90 Å². The summed E-state index contributed by atoms with van der Waals surface area (Å²) in [6.45, 7) is 6.44. The van der Waals surface area contributed by atoms with Crippen LogP contribution in [0, 0.1) is 0 Å². The molecule has 0 spiro atoms. The highest BCUT2D eigenvalue weighted by Crippen LogP contribution is 2.32. The SMILES string of the molecule is CC(C)(C)OC(=O)N1CC[C@H](Nc2ncc(-c3ccc(C(F)(F)F)cn3)c3nccnc23)C1. The fourth-order valence-corrected chi connectivity index (χ4v) is 3.54. The number of rotatable bonds is 3. The highest BCUT2D eigenvalue weighted by molar-refractivity contribution is 5.95. The molecule has 1 atom stereocenters. The van der Waals surface area contributed by atoms with Gasteiger partial charge in [-0.05, 0) is 39.3 Å². The number of carbonyl (C=O) groups is 1. The van der Waals surface area contributed by atoms with Crippen molar-refractivity contribution in [3.63, 3.8) is 0 Å². The van der Waals surface area contributed by atoms with Crippen LogP contribution in [0.25, 0.3) is 22.3 Å². The van der Waals surface area contributed by atoms with Crippen molar-refractivity contribution in [3.8, 4) is 11.3 Å². The lowest BCUT2D eigenvalue weighted by molar-refractivity contribution is -0.137. The van der Waals surface area contributed by atoms with Gasteiger partial charge >= 0.3 is 12.3 Å². The lowest BCUT2D eigenvalue weighted by atomic mass is 10.1. The summed E-state index contributed by atoms with van der Waals surface area (Å²) in [4.78, 5) is 31.1. The fourth-order valence-electron chi connectivity index (χ4n) is 3.54. The van der Waals surface area contributed by atoms with E-state index in [4.69, 9.17) is 4.74 Å². The highest BCUT2D eigenvalue weighted by atomic mass is 19.4. The first kappa shape index (κ1) is 22.7. The van der Waals surface area contributed by atoms with Crippen molar-refractivity contribution in [2.24, 2.45) is 0 Å². The molecule has 174 valence electrons. The van der Waals surface area contributed by atoms with Crippen molar-refractivity contribution in [1.82, 2.24) is 24.8 Å². The lowest BCUT2D eigenvalue weighted by Gasteiger charge is -2.24. The minimum atomic E-state index is -4.46. The third-order valence-corrected chi connectivity index (χ3v) is 5.05. The Morgan fingerprint density at radius 2 is 1.79 bits per heavy atom. The Labute approximate surface area is 188 Å².